The predicted molar refractivity (Wildman–Crippen MR) is 104 cm³/mol. The summed E-state index contributed by atoms with van der Waals surface area (Å²) in [6, 6.07) is 14.5. The Morgan fingerprint density at radius 1 is 0.926 bits per heavy atom. The summed E-state index contributed by atoms with van der Waals surface area (Å²) in [5.74, 6) is 0.417. The molecule has 1 aliphatic heterocycles. The van der Waals surface area contributed by atoms with Crippen molar-refractivity contribution in [2.45, 2.75) is 13.3 Å². The predicted octanol–water partition coefficient (Wildman–Crippen LogP) is 3.31. The number of para-hydroxylation sites is 1. The molecule has 0 aliphatic carbocycles. The van der Waals surface area contributed by atoms with Crippen LogP contribution in [0, 0.1) is 0 Å². The van der Waals surface area contributed by atoms with E-state index in [2.05, 4.69) is 5.32 Å². The van der Waals surface area contributed by atoms with Crippen molar-refractivity contribution in [2.75, 3.05) is 26.1 Å². The van der Waals surface area contributed by atoms with E-state index in [1.807, 2.05) is 37.3 Å². The molecule has 6 nitrogen and oxygen atoms in total. The Morgan fingerprint density at radius 2 is 1.63 bits per heavy atom. The van der Waals surface area contributed by atoms with Crippen LogP contribution in [0.2, 0.25) is 0 Å². The number of benzene rings is 2. The number of hydrogen-bond donors (Lipinski definition) is 1. The lowest BCUT2D eigenvalue weighted by molar-refractivity contribution is -0.136. The summed E-state index contributed by atoms with van der Waals surface area (Å²) in [7, 11) is 3.08. The first-order chi connectivity index (χ1) is 13.1. The van der Waals surface area contributed by atoms with Crippen molar-refractivity contribution in [3.8, 4) is 11.5 Å². The van der Waals surface area contributed by atoms with Crippen molar-refractivity contribution in [3.63, 3.8) is 0 Å². The Labute approximate surface area is 158 Å². The number of hydrogen-bond acceptors (Lipinski definition) is 5. The molecule has 1 aliphatic rings. The molecule has 2 aromatic carbocycles. The molecule has 0 saturated heterocycles. The Balaban J connectivity index is 2.10. The second kappa shape index (κ2) is 7.95. The zero-order valence-electron chi connectivity index (χ0n) is 15.6. The molecule has 2 aromatic rings. The summed E-state index contributed by atoms with van der Waals surface area (Å²) >= 11 is 0. The number of nitrogens with zero attached hydrogens (tertiary/aromatic N) is 1. The van der Waals surface area contributed by atoms with Gasteiger partial charge in [-0.05, 0) is 36.2 Å². The zero-order chi connectivity index (χ0) is 19.4. The number of rotatable bonds is 7. The zero-order valence-corrected chi connectivity index (χ0v) is 15.6. The molecule has 0 fully saturated rings. The van der Waals surface area contributed by atoms with Gasteiger partial charge in [0.15, 0.2) is 11.5 Å². The van der Waals surface area contributed by atoms with E-state index in [1.165, 1.54) is 12.0 Å². The molecule has 0 bridgehead atoms. The van der Waals surface area contributed by atoms with Crippen LogP contribution < -0.4 is 14.8 Å². The van der Waals surface area contributed by atoms with Crippen molar-refractivity contribution >= 4 is 23.1 Å². The van der Waals surface area contributed by atoms with Crippen LogP contribution in [0.1, 0.15) is 18.9 Å². The largest absolute Gasteiger partial charge is 0.493 e. The van der Waals surface area contributed by atoms with Crippen LogP contribution in [0.15, 0.2) is 54.2 Å². The van der Waals surface area contributed by atoms with Gasteiger partial charge in [-0.1, -0.05) is 31.2 Å². The first-order valence-corrected chi connectivity index (χ1v) is 8.75. The number of nitrogens with one attached hydrogen (secondary N) is 1. The van der Waals surface area contributed by atoms with Gasteiger partial charge >= 0.3 is 0 Å². The minimum Gasteiger partial charge on any atom is -0.493 e. The molecule has 0 atom stereocenters. The lowest BCUT2D eigenvalue weighted by Crippen LogP contribution is -2.33. The van der Waals surface area contributed by atoms with Crippen molar-refractivity contribution in [2.24, 2.45) is 0 Å². The number of imide groups is 1. The summed E-state index contributed by atoms with van der Waals surface area (Å²) < 4.78 is 10.6. The van der Waals surface area contributed by atoms with Gasteiger partial charge in [0.2, 0.25) is 0 Å². The fraction of sp³-hybridized carbons (Fsp3) is 0.238. The van der Waals surface area contributed by atoms with Crippen LogP contribution in [0.3, 0.4) is 0 Å². The monoisotopic (exact) mass is 366 g/mol. The second-order valence-electron chi connectivity index (χ2n) is 6.07. The summed E-state index contributed by atoms with van der Waals surface area (Å²) in [5.41, 5.74) is 1.94. The van der Waals surface area contributed by atoms with Crippen LogP contribution in [0.4, 0.5) is 5.69 Å². The Bertz CT molecular complexity index is 890. The van der Waals surface area contributed by atoms with E-state index in [0.29, 0.717) is 35.6 Å². The highest BCUT2D eigenvalue weighted by Gasteiger charge is 2.38. The number of carbonyl (C=O) groups is 2. The number of ether oxygens (including phenoxy) is 2. The van der Waals surface area contributed by atoms with Crippen LogP contribution in [0.25, 0.3) is 5.57 Å². The van der Waals surface area contributed by atoms with Crippen LogP contribution in [-0.2, 0) is 9.59 Å². The van der Waals surface area contributed by atoms with E-state index in [1.54, 1.807) is 25.3 Å². The first kappa shape index (κ1) is 18.5. The molecule has 2 amide bonds. The van der Waals surface area contributed by atoms with Gasteiger partial charge in [-0.15, -0.1) is 0 Å². The smallest absolute Gasteiger partial charge is 0.278 e. The summed E-state index contributed by atoms with van der Waals surface area (Å²) in [4.78, 5) is 27.2. The number of methoxy groups -OCH3 is 2. The van der Waals surface area contributed by atoms with Gasteiger partial charge in [-0.2, -0.15) is 0 Å². The van der Waals surface area contributed by atoms with Crippen molar-refractivity contribution in [1.82, 2.24) is 4.90 Å². The second-order valence-corrected chi connectivity index (χ2v) is 6.07. The quantitative estimate of drug-likeness (QED) is 0.762. The highest BCUT2D eigenvalue weighted by atomic mass is 16.5. The van der Waals surface area contributed by atoms with Gasteiger partial charge in [-0.3, -0.25) is 14.5 Å². The first-order valence-electron chi connectivity index (χ1n) is 8.75. The van der Waals surface area contributed by atoms with Gasteiger partial charge < -0.3 is 14.8 Å². The molecule has 0 spiro atoms. The van der Waals surface area contributed by atoms with Gasteiger partial charge in [0.1, 0.15) is 5.70 Å². The number of amides is 2. The summed E-state index contributed by atoms with van der Waals surface area (Å²) in [6.45, 7) is 2.30. The molecule has 3 rings (SSSR count). The molecule has 0 saturated carbocycles. The maximum atomic E-state index is 13.0. The summed E-state index contributed by atoms with van der Waals surface area (Å²) in [5, 5.41) is 3.12. The van der Waals surface area contributed by atoms with Crippen LogP contribution in [0.5, 0.6) is 11.5 Å². The molecule has 0 unspecified atom stereocenters. The maximum Gasteiger partial charge on any atom is 0.278 e. The van der Waals surface area contributed by atoms with E-state index >= 15 is 0 Å². The molecule has 0 aromatic heterocycles. The topological polar surface area (TPSA) is 67.9 Å². The molecule has 0 radical (unpaired) electrons. The third-order valence-electron chi connectivity index (χ3n) is 4.33. The van der Waals surface area contributed by atoms with E-state index in [-0.39, 0.29) is 17.5 Å². The highest BCUT2D eigenvalue weighted by Crippen LogP contribution is 2.35. The van der Waals surface area contributed by atoms with Crippen LogP contribution in [-0.4, -0.2) is 37.5 Å². The Kier molecular flexibility index (Phi) is 5.45. The molecule has 1 heterocycles. The SMILES string of the molecule is CCCN1C(=O)C(Nc2ccccc2)=C(c2ccc(OC)c(OC)c2)C1=O. The fourth-order valence-corrected chi connectivity index (χ4v) is 3.04. The van der Waals surface area contributed by atoms with Gasteiger partial charge in [0.25, 0.3) is 11.8 Å². The minimum atomic E-state index is -0.324. The fourth-order valence-electron chi connectivity index (χ4n) is 3.04. The van der Waals surface area contributed by atoms with E-state index < -0.39 is 0 Å². The maximum absolute atomic E-state index is 13.0. The van der Waals surface area contributed by atoms with E-state index in [4.69, 9.17) is 9.47 Å². The Hall–Kier alpha value is -3.28. The molecular formula is C21H22N2O4. The van der Waals surface area contributed by atoms with Crippen LogP contribution >= 0.6 is 0 Å². The van der Waals surface area contributed by atoms with Gasteiger partial charge in [-0.25, -0.2) is 0 Å². The molecule has 1 N–H and O–H groups in total. The molecular weight excluding hydrogens is 344 g/mol. The normalized spacial score (nSPS) is 14.0. The third-order valence-corrected chi connectivity index (χ3v) is 4.33. The number of anilines is 1. The lowest BCUT2D eigenvalue weighted by atomic mass is 10.0. The summed E-state index contributed by atoms with van der Waals surface area (Å²) in [6.07, 6.45) is 0.690. The van der Waals surface area contributed by atoms with Crippen molar-refractivity contribution < 1.29 is 19.1 Å². The molecule has 140 valence electrons. The molecule has 6 heteroatoms. The van der Waals surface area contributed by atoms with E-state index in [0.717, 1.165) is 5.69 Å². The van der Waals surface area contributed by atoms with E-state index in [9.17, 15) is 9.59 Å². The molecule has 27 heavy (non-hydrogen) atoms. The minimum absolute atomic E-state index is 0.270. The highest BCUT2D eigenvalue weighted by molar-refractivity contribution is 6.36. The third kappa shape index (κ3) is 3.51. The average Bonchev–Trinajstić information content (AvgIpc) is 2.93. The lowest BCUT2D eigenvalue weighted by Gasteiger charge is -2.14. The van der Waals surface area contributed by atoms with Crippen molar-refractivity contribution in [3.05, 3.63) is 59.8 Å². The van der Waals surface area contributed by atoms with Crippen molar-refractivity contribution in [1.29, 1.82) is 0 Å². The Morgan fingerprint density at radius 3 is 2.26 bits per heavy atom. The standard InChI is InChI=1S/C21H22N2O4/c1-4-12-23-20(24)18(14-10-11-16(26-2)17(13-14)27-3)19(21(23)25)22-15-8-6-5-7-9-15/h5-11,13,22H,4,12H2,1-3H3. The van der Waals surface area contributed by atoms with Gasteiger partial charge in [0.05, 0.1) is 19.8 Å². The van der Waals surface area contributed by atoms with Gasteiger partial charge in [0, 0.05) is 12.2 Å². The average molecular weight is 366 g/mol. The number of carbonyl (C=O) groups excluding carboxylic acids is 2.